The molecule has 2 aromatic rings. The molecule has 0 bridgehead atoms. The number of hydrogen-bond donors (Lipinski definition) is 3. The van der Waals surface area contributed by atoms with Gasteiger partial charge in [-0.25, -0.2) is 4.99 Å². The Labute approximate surface area is 172 Å². The number of aliphatic hydroxyl groups is 1. The normalized spacial score (nSPS) is 15.9. The zero-order valence-electron chi connectivity index (χ0n) is 17.1. The van der Waals surface area contributed by atoms with Crippen molar-refractivity contribution in [2.75, 3.05) is 32.6 Å². The SMILES string of the molecule is COc1ccc(NC(N)=NCc2ccc(CN3CCC(O)CC3)cc2)cc1OC. The minimum atomic E-state index is -0.135. The van der Waals surface area contributed by atoms with Crippen molar-refractivity contribution in [3.05, 3.63) is 53.6 Å². The van der Waals surface area contributed by atoms with Gasteiger partial charge in [-0.05, 0) is 36.1 Å². The van der Waals surface area contributed by atoms with Crippen LogP contribution in [-0.4, -0.2) is 49.4 Å². The van der Waals surface area contributed by atoms with E-state index in [2.05, 4.69) is 39.5 Å². The first-order chi connectivity index (χ1) is 14.1. The Bertz CT molecular complexity index is 815. The van der Waals surface area contributed by atoms with E-state index in [1.54, 1.807) is 14.2 Å². The molecular weight excluding hydrogens is 368 g/mol. The fourth-order valence-corrected chi connectivity index (χ4v) is 3.36. The highest BCUT2D eigenvalue weighted by Crippen LogP contribution is 2.29. The van der Waals surface area contributed by atoms with Crippen molar-refractivity contribution >= 4 is 11.6 Å². The monoisotopic (exact) mass is 398 g/mol. The van der Waals surface area contributed by atoms with Crippen LogP contribution in [0, 0.1) is 0 Å². The van der Waals surface area contributed by atoms with E-state index in [4.69, 9.17) is 15.2 Å². The zero-order valence-corrected chi connectivity index (χ0v) is 17.1. The molecule has 7 nitrogen and oxygen atoms in total. The topological polar surface area (TPSA) is 92.3 Å². The highest BCUT2D eigenvalue weighted by Gasteiger charge is 2.16. The third-order valence-electron chi connectivity index (χ3n) is 5.07. The second-order valence-corrected chi connectivity index (χ2v) is 7.22. The van der Waals surface area contributed by atoms with Crippen LogP contribution in [0.2, 0.25) is 0 Å². The number of ether oxygens (including phenoxy) is 2. The van der Waals surface area contributed by atoms with Gasteiger partial charge in [-0.15, -0.1) is 0 Å². The fraction of sp³-hybridized carbons (Fsp3) is 0.409. The Balaban J connectivity index is 1.52. The lowest BCUT2D eigenvalue weighted by Gasteiger charge is -2.29. The van der Waals surface area contributed by atoms with Crippen molar-refractivity contribution in [3.63, 3.8) is 0 Å². The molecule has 2 aromatic carbocycles. The third kappa shape index (κ3) is 6.10. The minimum absolute atomic E-state index is 0.135. The van der Waals surface area contributed by atoms with Crippen molar-refractivity contribution in [3.8, 4) is 11.5 Å². The molecule has 4 N–H and O–H groups in total. The Hall–Kier alpha value is -2.77. The molecule has 0 saturated carbocycles. The van der Waals surface area contributed by atoms with Gasteiger partial charge in [0, 0.05) is 31.4 Å². The van der Waals surface area contributed by atoms with Gasteiger partial charge >= 0.3 is 0 Å². The van der Waals surface area contributed by atoms with E-state index in [1.165, 1.54) is 5.56 Å². The van der Waals surface area contributed by atoms with Gasteiger partial charge in [0.1, 0.15) is 0 Å². The van der Waals surface area contributed by atoms with Crippen molar-refractivity contribution in [1.29, 1.82) is 0 Å². The van der Waals surface area contributed by atoms with Gasteiger partial charge in [-0.2, -0.15) is 0 Å². The molecule has 156 valence electrons. The van der Waals surface area contributed by atoms with E-state index in [9.17, 15) is 5.11 Å². The van der Waals surface area contributed by atoms with E-state index in [-0.39, 0.29) is 6.10 Å². The maximum absolute atomic E-state index is 9.61. The number of hydrogen-bond acceptors (Lipinski definition) is 5. The molecule has 0 atom stereocenters. The van der Waals surface area contributed by atoms with Crippen LogP contribution >= 0.6 is 0 Å². The highest BCUT2D eigenvalue weighted by molar-refractivity contribution is 5.92. The molecule has 1 fully saturated rings. The number of methoxy groups -OCH3 is 2. The number of nitrogens with one attached hydrogen (secondary N) is 1. The number of benzene rings is 2. The molecule has 3 rings (SSSR count). The van der Waals surface area contributed by atoms with Crippen LogP contribution in [0.25, 0.3) is 0 Å². The van der Waals surface area contributed by atoms with Crippen molar-refractivity contribution in [2.24, 2.45) is 10.7 Å². The van der Waals surface area contributed by atoms with Gasteiger partial charge in [0.2, 0.25) is 0 Å². The van der Waals surface area contributed by atoms with E-state index in [0.717, 1.165) is 43.7 Å². The molecule has 1 aliphatic heterocycles. The second kappa shape index (κ2) is 10.1. The fourth-order valence-electron chi connectivity index (χ4n) is 3.36. The first-order valence-electron chi connectivity index (χ1n) is 9.84. The maximum atomic E-state index is 9.61. The Morgan fingerprint density at radius 3 is 2.38 bits per heavy atom. The van der Waals surface area contributed by atoms with Gasteiger partial charge in [0.25, 0.3) is 0 Å². The summed E-state index contributed by atoms with van der Waals surface area (Å²) < 4.78 is 10.5. The van der Waals surface area contributed by atoms with Crippen LogP contribution in [0.3, 0.4) is 0 Å². The molecule has 0 spiro atoms. The number of piperidine rings is 1. The van der Waals surface area contributed by atoms with E-state index in [1.807, 2.05) is 18.2 Å². The maximum Gasteiger partial charge on any atom is 0.193 e. The molecule has 1 saturated heterocycles. The number of nitrogens with zero attached hydrogens (tertiary/aromatic N) is 2. The van der Waals surface area contributed by atoms with Gasteiger partial charge in [-0.1, -0.05) is 24.3 Å². The first-order valence-corrected chi connectivity index (χ1v) is 9.84. The van der Waals surface area contributed by atoms with Crippen LogP contribution in [0.15, 0.2) is 47.5 Å². The largest absolute Gasteiger partial charge is 0.493 e. The first kappa shape index (κ1) is 21.0. The van der Waals surface area contributed by atoms with Crippen LogP contribution < -0.4 is 20.5 Å². The summed E-state index contributed by atoms with van der Waals surface area (Å²) in [5.41, 5.74) is 9.17. The third-order valence-corrected chi connectivity index (χ3v) is 5.07. The lowest BCUT2D eigenvalue weighted by molar-refractivity contribution is 0.0792. The number of rotatable bonds is 7. The van der Waals surface area contributed by atoms with Crippen molar-refractivity contribution in [2.45, 2.75) is 32.0 Å². The predicted molar refractivity (Wildman–Crippen MR) is 115 cm³/mol. The number of anilines is 1. The average Bonchev–Trinajstić information content (AvgIpc) is 2.74. The second-order valence-electron chi connectivity index (χ2n) is 7.22. The van der Waals surface area contributed by atoms with Gasteiger partial charge in [-0.3, -0.25) is 4.90 Å². The molecule has 1 aliphatic rings. The smallest absolute Gasteiger partial charge is 0.193 e. The van der Waals surface area contributed by atoms with Gasteiger partial charge < -0.3 is 25.6 Å². The molecule has 0 radical (unpaired) electrons. The van der Waals surface area contributed by atoms with E-state index in [0.29, 0.717) is 24.0 Å². The van der Waals surface area contributed by atoms with Gasteiger partial charge in [0.05, 0.1) is 26.9 Å². The van der Waals surface area contributed by atoms with Crippen LogP contribution in [0.5, 0.6) is 11.5 Å². The summed E-state index contributed by atoms with van der Waals surface area (Å²) in [7, 11) is 3.19. The summed E-state index contributed by atoms with van der Waals surface area (Å²) in [6.45, 7) is 3.32. The van der Waals surface area contributed by atoms with E-state index < -0.39 is 0 Å². The Kier molecular flexibility index (Phi) is 7.32. The summed E-state index contributed by atoms with van der Waals surface area (Å²) in [6, 6.07) is 13.9. The lowest BCUT2D eigenvalue weighted by Crippen LogP contribution is -2.35. The van der Waals surface area contributed by atoms with Crippen LogP contribution in [0.1, 0.15) is 24.0 Å². The van der Waals surface area contributed by atoms with Crippen LogP contribution in [0.4, 0.5) is 5.69 Å². The highest BCUT2D eigenvalue weighted by atomic mass is 16.5. The molecule has 0 aromatic heterocycles. The zero-order chi connectivity index (χ0) is 20.6. The molecule has 7 heteroatoms. The number of guanidine groups is 1. The number of aliphatic imine (C=N–C) groups is 1. The Morgan fingerprint density at radius 1 is 1.07 bits per heavy atom. The average molecular weight is 399 g/mol. The quantitative estimate of drug-likeness (QED) is 0.490. The number of aliphatic hydroxyl groups excluding tert-OH is 1. The summed E-state index contributed by atoms with van der Waals surface area (Å²) in [4.78, 5) is 6.79. The van der Waals surface area contributed by atoms with Crippen molar-refractivity contribution < 1.29 is 14.6 Å². The summed E-state index contributed by atoms with van der Waals surface area (Å²) >= 11 is 0. The van der Waals surface area contributed by atoms with Crippen LogP contribution in [-0.2, 0) is 13.1 Å². The minimum Gasteiger partial charge on any atom is -0.493 e. The number of likely N-dealkylation sites (tertiary alicyclic amines) is 1. The summed E-state index contributed by atoms with van der Waals surface area (Å²) in [5, 5.41) is 12.7. The van der Waals surface area contributed by atoms with Crippen molar-refractivity contribution in [1.82, 2.24) is 4.90 Å². The molecular formula is C22H30N4O3. The standard InChI is InChI=1S/C22H30N4O3/c1-28-20-8-7-18(13-21(20)29-2)25-22(23)24-14-16-3-5-17(6-4-16)15-26-11-9-19(27)10-12-26/h3-8,13,19,27H,9-12,14-15H2,1-2H3,(H3,23,24,25). The Morgan fingerprint density at radius 2 is 1.72 bits per heavy atom. The lowest BCUT2D eigenvalue weighted by atomic mass is 10.1. The number of nitrogens with two attached hydrogens (primary N) is 1. The summed E-state index contributed by atoms with van der Waals surface area (Å²) in [5.74, 6) is 1.63. The van der Waals surface area contributed by atoms with Gasteiger partial charge in [0.15, 0.2) is 17.5 Å². The molecule has 29 heavy (non-hydrogen) atoms. The molecule has 0 amide bonds. The van der Waals surface area contributed by atoms with E-state index >= 15 is 0 Å². The summed E-state index contributed by atoms with van der Waals surface area (Å²) in [6.07, 6.45) is 1.59. The molecule has 1 heterocycles. The molecule has 0 aliphatic carbocycles. The predicted octanol–water partition coefficient (Wildman–Crippen LogP) is 2.59. The molecule has 0 unspecified atom stereocenters.